The van der Waals surface area contributed by atoms with E-state index in [1.165, 1.54) is 28.1 Å². The first kappa shape index (κ1) is 8.74. The third kappa shape index (κ3) is 1.27. The largest absolute Gasteiger partial charge is 0.257 e. The van der Waals surface area contributed by atoms with Gasteiger partial charge in [0.25, 0.3) is 0 Å². The first-order valence-corrected chi connectivity index (χ1v) is 4.90. The fourth-order valence-electron chi connectivity index (χ4n) is 2.17. The Bertz CT molecular complexity index is 370. The van der Waals surface area contributed by atoms with E-state index >= 15 is 0 Å². The summed E-state index contributed by atoms with van der Waals surface area (Å²) in [7, 11) is 0. The van der Waals surface area contributed by atoms with Crippen molar-refractivity contribution in [2.24, 2.45) is 0 Å². The van der Waals surface area contributed by atoms with E-state index in [-0.39, 0.29) is 5.41 Å². The van der Waals surface area contributed by atoms with E-state index in [2.05, 4.69) is 39.6 Å². The number of nitrogens with zero attached hydrogens (tertiary/aromatic N) is 1. The molecule has 0 aromatic carbocycles. The zero-order valence-electron chi connectivity index (χ0n) is 9.15. The van der Waals surface area contributed by atoms with Crippen molar-refractivity contribution in [1.29, 1.82) is 0 Å². The maximum atomic E-state index is 4.54. The molecule has 0 spiro atoms. The van der Waals surface area contributed by atoms with Gasteiger partial charge in [0.15, 0.2) is 0 Å². The minimum Gasteiger partial charge on any atom is -0.257 e. The van der Waals surface area contributed by atoms with Crippen LogP contribution < -0.4 is 0 Å². The average Bonchev–Trinajstić information content (AvgIpc) is 2.64. The van der Waals surface area contributed by atoms with Gasteiger partial charge in [0.1, 0.15) is 0 Å². The molecule has 1 aromatic rings. The highest BCUT2D eigenvalue weighted by atomic mass is 14.8. The van der Waals surface area contributed by atoms with Crippen molar-refractivity contribution in [2.45, 2.75) is 46.5 Å². The summed E-state index contributed by atoms with van der Waals surface area (Å²) < 4.78 is 0. The van der Waals surface area contributed by atoms with Crippen LogP contribution in [0.5, 0.6) is 0 Å². The van der Waals surface area contributed by atoms with Crippen LogP contribution in [-0.4, -0.2) is 4.98 Å². The topological polar surface area (TPSA) is 12.9 Å². The third-order valence-corrected chi connectivity index (χ3v) is 2.84. The molecule has 2 rings (SSSR count). The first-order chi connectivity index (χ1) is 5.91. The standard InChI is InChI=1S/C12H17N/c1-7-8(2)13-10-6-9(10)11(7)12(3,4)5/h6H2,1-5H3. The van der Waals surface area contributed by atoms with Crippen LogP contribution in [0.25, 0.3) is 0 Å². The van der Waals surface area contributed by atoms with Crippen LogP contribution in [0.2, 0.25) is 0 Å². The second kappa shape index (κ2) is 2.34. The zero-order valence-corrected chi connectivity index (χ0v) is 9.15. The summed E-state index contributed by atoms with van der Waals surface area (Å²) in [6, 6.07) is 0. The van der Waals surface area contributed by atoms with Crippen molar-refractivity contribution >= 4 is 0 Å². The highest BCUT2D eigenvalue weighted by molar-refractivity contribution is 5.53. The lowest BCUT2D eigenvalue weighted by Gasteiger charge is -2.22. The molecule has 0 amide bonds. The molecule has 1 aromatic heterocycles. The van der Waals surface area contributed by atoms with Gasteiger partial charge in [0, 0.05) is 17.8 Å². The molecular weight excluding hydrogens is 158 g/mol. The molecule has 1 aliphatic rings. The number of rotatable bonds is 0. The molecular formula is C12H17N. The second-order valence-corrected chi connectivity index (χ2v) is 5.05. The molecule has 1 heterocycles. The van der Waals surface area contributed by atoms with E-state index in [1.807, 2.05) is 0 Å². The van der Waals surface area contributed by atoms with Gasteiger partial charge in [-0.25, -0.2) is 0 Å². The smallest absolute Gasteiger partial charge is 0.0490 e. The highest BCUT2D eigenvalue weighted by Gasteiger charge is 2.31. The second-order valence-electron chi connectivity index (χ2n) is 5.05. The quantitative estimate of drug-likeness (QED) is 0.600. The molecule has 1 nitrogen and oxygen atoms in total. The molecule has 1 heteroatoms. The predicted octanol–water partition coefficient (Wildman–Crippen LogP) is 2.90. The highest BCUT2D eigenvalue weighted by Crippen LogP contribution is 2.39. The number of aromatic nitrogens is 1. The number of hydrogen-bond donors (Lipinski definition) is 0. The Hall–Kier alpha value is -0.850. The number of pyridine rings is 1. The molecule has 0 saturated heterocycles. The number of aryl methyl sites for hydroxylation is 1. The molecule has 0 radical (unpaired) electrons. The van der Waals surface area contributed by atoms with E-state index in [1.54, 1.807) is 0 Å². The van der Waals surface area contributed by atoms with Crippen LogP contribution in [0, 0.1) is 13.8 Å². The summed E-state index contributed by atoms with van der Waals surface area (Å²) >= 11 is 0. The molecule has 0 bridgehead atoms. The van der Waals surface area contributed by atoms with Crippen molar-refractivity contribution in [3.63, 3.8) is 0 Å². The molecule has 70 valence electrons. The predicted molar refractivity (Wildman–Crippen MR) is 55.2 cm³/mol. The monoisotopic (exact) mass is 175 g/mol. The normalized spacial score (nSPS) is 14.2. The fourth-order valence-corrected chi connectivity index (χ4v) is 2.17. The Morgan fingerprint density at radius 3 is 2.31 bits per heavy atom. The molecule has 0 fully saturated rings. The van der Waals surface area contributed by atoms with Gasteiger partial charge in [-0.1, -0.05) is 20.8 Å². The molecule has 0 saturated carbocycles. The van der Waals surface area contributed by atoms with E-state index in [4.69, 9.17) is 0 Å². The SMILES string of the molecule is Cc1nc2c(c(C(C)(C)C)c1C)C2. The van der Waals surface area contributed by atoms with Gasteiger partial charge in [-0.3, -0.25) is 4.98 Å². The van der Waals surface area contributed by atoms with Crippen molar-refractivity contribution in [3.8, 4) is 0 Å². The van der Waals surface area contributed by atoms with Crippen LogP contribution in [0.3, 0.4) is 0 Å². The van der Waals surface area contributed by atoms with Crippen LogP contribution >= 0.6 is 0 Å². The summed E-state index contributed by atoms with van der Waals surface area (Å²) in [5.41, 5.74) is 7.25. The summed E-state index contributed by atoms with van der Waals surface area (Å²) in [6.45, 7) is 11.2. The van der Waals surface area contributed by atoms with Crippen LogP contribution in [0.1, 0.15) is 48.8 Å². The Morgan fingerprint density at radius 2 is 1.77 bits per heavy atom. The van der Waals surface area contributed by atoms with Gasteiger partial charge in [0.2, 0.25) is 0 Å². The lowest BCUT2D eigenvalue weighted by atomic mass is 9.83. The van der Waals surface area contributed by atoms with Gasteiger partial charge in [-0.05, 0) is 36.0 Å². The summed E-state index contributed by atoms with van der Waals surface area (Å²) in [5, 5.41) is 0. The lowest BCUT2D eigenvalue weighted by Crippen LogP contribution is -2.14. The van der Waals surface area contributed by atoms with Crippen LogP contribution in [-0.2, 0) is 11.8 Å². The van der Waals surface area contributed by atoms with E-state index in [0.717, 1.165) is 6.42 Å². The molecule has 1 aliphatic carbocycles. The van der Waals surface area contributed by atoms with Gasteiger partial charge >= 0.3 is 0 Å². The van der Waals surface area contributed by atoms with Crippen molar-refractivity contribution in [2.75, 3.05) is 0 Å². The van der Waals surface area contributed by atoms with Crippen molar-refractivity contribution < 1.29 is 0 Å². The average molecular weight is 175 g/mol. The van der Waals surface area contributed by atoms with Gasteiger partial charge in [-0.15, -0.1) is 0 Å². The Labute approximate surface area is 80.2 Å². The minimum atomic E-state index is 0.276. The number of fused-ring (bicyclic) bond motifs is 1. The van der Waals surface area contributed by atoms with Gasteiger partial charge < -0.3 is 0 Å². The van der Waals surface area contributed by atoms with E-state index in [9.17, 15) is 0 Å². The molecule has 0 unspecified atom stereocenters. The lowest BCUT2D eigenvalue weighted by molar-refractivity contribution is 0.583. The molecule has 0 N–H and O–H groups in total. The Balaban J connectivity index is 2.66. The van der Waals surface area contributed by atoms with E-state index in [0.29, 0.717) is 0 Å². The van der Waals surface area contributed by atoms with Gasteiger partial charge in [0.05, 0.1) is 0 Å². The number of hydrogen-bond acceptors (Lipinski definition) is 1. The van der Waals surface area contributed by atoms with E-state index < -0.39 is 0 Å². The van der Waals surface area contributed by atoms with Gasteiger partial charge in [-0.2, -0.15) is 0 Å². The van der Waals surface area contributed by atoms with Crippen molar-refractivity contribution in [1.82, 2.24) is 4.98 Å². The minimum absolute atomic E-state index is 0.276. The molecule has 0 atom stereocenters. The summed E-state index contributed by atoms with van der Waals surface area (Å²) in [6.07, 6.45) is 1.13. The van der Waals surface area contributed by atoms with Crippen LogP contribution in [0.4, 0.5) is 0 Å². The molecule has 0 aliphatic heterocycles. The Morgan fingerprint density at radius 1 is 1.15 bits per heavy atom. The third-order valence-electron chi connectivity index (χ3n) is 2.84. The fraction of sp³-hybridized carbons (Fsp3) is 0.583. The maximum Gasteiger partial charge on any atom is 0.0490 e. The Kier molecular flexibility index (Phi) is 1.57. The summed E-state index contributed by atoms with van der Waals surface area (Å²) in [5.74, 6) is 0. The zero-order chi connectivity index (χ0) is 9.80. The first-order valence-electron chi connectivity index (χ1n) is 4.90. The summed E-state index contributed by atoms with van der Waals surface area (Å²) in [4.78, 5) is 4.54. The van der Waals surface area contributed by atoms with Crippen molar-refractivity contribution in [3.05, 3.63) is 28.1 Å². The van der Waals surface area contributed by atoms with Crippen LogP contribution in [0.15, 0.2) is 0 Å². The molecule has 13 heavy (non-hydrogen) atoms. The maximum absolute atomic E-state index is 4.54.